The Morgan fingerprint density at radius 1 is 0.968 bits per heavy atom. The molecule has 8 heteroatoms. The number of anilines is 2. The molecule has 31 heavy (non-hydrogen) atoms. The van der Waals surface area contributed by atoms with E-state index in [0.717, 1.165) is 4.90 Å². The molecule has 0 aliphatic carbocycles. The highest BCUT2D eigenvalue weighted by Crippen LogP contribution is 2.26. The fourth-order valence-corrected chi connectivity index (χ4v) is 4.90. The van der Waals surface area contributed by atoms with Crippen LogP contribution in [0.3, 0.4) is 0 Å². The fourth-order valence-electron chi connectivity index (χ4n) is 3.02. The lowest BCUT2D eigenvalue weighted by atomic mass is 10.2. The molecule has 0 aliphatic rings. The van der Waals surface area contributed by atoms with E-state index in [1.807, 2.05) is 6.26 Å². The van der Waals surface area contributed by atoms with Gasteiger partial charge in [0.1, 0.15) is 5.75 Å². The summed E-state index contributed by atoms with van der Waals surface area (Å²) in [6.07, 6.45) is 1.94. The normalized spacial score (nSPS) is 11.1. The van der Waals surface area contributed by atoms with E-state index in [2.05, 4.69) is 5.32 Å². The molecule has 0 unspecified atom stereocenters. The lowest BCUT2D eigenvalue weighted by molar-refractivity contribution is 0.102. The molecule has 0 fully saturated rings. The van der Waals surface area contributed by atoms with Crippen molar-refractivity contribution >= 4 is 39.1 Å². The van der Waals surface area contributed by atoms with Gasteiger partial charge in [0.25, 0.3) is 15.9 Å². The Bertz CT molecular complexity index is 1130. The van der Waals surface area contributed by atoms with E-state index < -0.39 is 10.0 Å². The number of nitrogens with zero attached hydrogens (tertiary/aromatic N) is 1. The first kappa shape index (κ1) is 22.7. The monoisotopic (exact) mass is 456 g/mol. The van der Waals surface area contributed by atoms with E-state index in [9.17, 15) is 13.2 Å². The van der Waals surface area contributed by atoms with Crippen LogP contribution in [0.2, 0.25) is 0 Å². The van der Waals surface area contributed by atoms with Gasteiger partial charge < -0.3 is 10.1 Å². The highest BCUT2D eigenvalue weighted by molar-refractivity contribution is 7.98. The second kappa shape index (κ2) is 9.89. The zero-order chi connectivity index (χ0) is 22.4. The number of carbonyl (C=O) groups excluding carboxylic acids is 1. The van der Waals surface area contributed by atoms with Gasteiger partial charge in [0.2, 0.25) is 0 Å². The maximum atomic E-state index is 13.1. The first-order valence-corrected chi connectivity index (χ1v) is 12.3. The van der Waals surface area contributed by atoms with Crippen molar-refractivity contribution in [3.8, 4) is 5.75 Å². The van der Waals surface area contributed by atoms with E-state index in [-0.39, 0.29) is 17.3 Å². The number of thioether (sulfide) groups is 1. The molecule has 0 atom stereocenters. The third-order valence-electron chi connectivity index (χ3n) is 4.70. The molecule has 0 aliphatic heterocycles. The molecule has 1 N–H and O–H groups in total. The van der Waals surface area contributed by atoms with Gasteiger partial charge in [-0.05, 0) is 86.0 Å². The molecular weight excluding hydrogens is 432 g/mol. The van der Waals surface area contributed by atoms with Gasteiger partial charge in [-0.1, -0.05) is 0 Å². The molecule has 0 saturated heterocycles. The van der Waals surface area contributed by atoms with E-state index in [1.165, 1.54) is 4.31 Å². The van der Waals surface area contributed by atoms with Crippen LogP contribution in [0.4, 0.5) is 11.4 Å². The number of carbonyl (C=O) groups is 1. The van der Waals surface area contributed by atoms with Crippen molar-refractivity contribution < 1.29 is 17.9 Å². The Morgan fingerprint density at radius 3 is 2.10 bits per heavy atom. The number of ether oxygens (including phenoxy) is 1. The summed E-state index contributed by atoms with van der Waals surface area (Å²) in [7, 11) is -2.13. The van der Waals surface area contributed by atoms with Crippen LogP contribution in [0.5, 0.6) is 5.75 Å². The zero-order valence-electron chi connectivity index (χ0n) is 17.5. The van der Waals surface area contributed by atoms with Crippen LogP contribution in [0, 0.1) is 0 Å². The molecule has 0 bridgehead atoms. The summed E-state index contributed by atoms with van der Waals surface area (Å²) >= 11 is 1.55. The van der Waals surface area contributed by atoms with Crippen molar-refractivity contribution in [1.82, 2.24) is 0 Å². The van der Waals surface area contributed by atoms with Gasteiger partial charge in [-0.2, -0.15) is 0 Å². The number of rotatable bonds is 8. The average Bonchev–Trinajstić information content (AvgIpc) is 2.80. The molecule has 0 spiro atoms. The minimum atomic E-state index is -3.71. The van der Waals surface area contributed by atoms with Gasteiger partial charge in [0.15, 0.2) is 0 Å². The maximum Gasteiger partial charge on any atom is 0.264 e. The van der Waals surface area contributed by atoms with E-state index in [0.29, 0.717) is 22.7 Å². The van der Waals surface area contributed by atoms with Crippen molar-refractivity contribution in [3.63, 3.8) is 0 Å². The van der Waals surface area contributed by atoms with Crippen LogP contribution < -0.4 is 14.4 Å². The minimum Gasteiger partial charge on any atom is -0.497 e. The van der Waals surface area contributed by atoms with Crippen molar-refractivity contribution in [2.75, 3.05) is 29.5 Å². The predicted molar refractivity (Wildman–Crippen MR) is 126 cm³/mol. The number of hydrogen-bond acceptors (Lipinski definition) is 5. The van der Waals surface area contributed by atoms with Crippen molar-refractivity contribution in [2.45, 2.75) is 16.7 Å². The van der Waals surface area contributed by atoms with Gasteiger partial charge in [0, 0.05) is 22.7 Å². The van der Waals surface area contributed by atoms with E-state index >= 15 is 0 Å². The standard InChI is InChI=1S/C23H24N2O4S2/c1-4-25(31(27,28)22-15-13-21(30-3)14-16-22)19-9-5-17(6-10-19)23(26)24-18-7-11-20(29-2)12-8-18/h5-16H,4H2,1-3H3,(H,24,26). The Balaban J connectivity index is 1.78. The fraction of sp³-hybridized carbons (Fsp3) is 0.174. The first-order chi connectivity index (χ1) is 14.9. The Labute approximate surface area is 187 Å². The summed E-state index contributed by atoms with van der Waals surface area (Å²) < 4.78 is 32.6. The number of benzene rings is 3. The SMILES string of the molecule is CCN(c1ccc(C(=O)Nc2ccc(OC)cc2)cc1)S(=O)(=O)c1ccc(SC)cc1. The molecule has 1 amide bonds. The second-order valence-corrected chi connectivity index (χ2v) is 9.32. The number of sulfonamides is 1. The highest BCUT2D eigenvalue weighted by atomic mass is 32.2. The number of methoxy groups -OCH3 is 1. The van der Waals surface area contributed by atoms with Gasteiger partial charge in [0.05, 0.1) is 17.7 Å². The third kappa shape index (κ3) is 5.21. The second-order valence-electron chi connectivity index (χ2n) is 6.57. The lowest BCUT2D eigenvalue weighted by Crippen LogP contribution is -2.30. The molecule has 3 aromatic rings. The quantitative estimate of drug-likeness (QED) is 0.489. The van der Waals surface area contributed by atoms with Gasteiger partial charge in [-0.25, -0.2) is 8.42 Å². The van der Waals surface area contributed by atoms with Crippen LogP contribution >= 0.6 is 11.8 Å². The van der Waals surface area contributed by atoms with Crippen LogP contribution in [-0.4, -0.2) is 34.2 Å². The van der Waals surface area contributed by atoms with Crippen LogP contribution in [-0.2, 0) is 10.0 Å². The molecule has 0 saturated carbocycles. The molecule has 162 valence electrons. The van der Waals surface area contributed by atoms with E-state index in [4.69, 9.17) is 4.74 Å². The molecule has 3 aromatic carbocycles. The summed E-state index contributed by atoms with van der Waals surface area (Å²) in [4.78, 5) is 13.7. The third-order valence-corrected chi connectivity index (χ3v) is 7.36. The summed E-state index contributed by atoms with van der Waals surface area (Å²) in [6.45, 7) is 2.04. The number of amides is 1. The number of hydrogen-bond donors (Lipinski definition) is 1. The summed E-state index contributed by atoms with van der Waals surface area (Å²) in [5.74, 6) is 0.418. The smallest absolute Gasteiger partial charge is 0.264 e. The van der Waals surface area contributed by atoms with Crippen molar-refractivity contribution in [2.24, 2.45) is 0 Å². The van der Waals surface area contributed by atoms with Crippen molar-refractivity contribution in [1.29, 1.82) is 0 Å². The van der Waals surface area contributed by atoms with Crippen molar-refractivity contribution in [3.05, 3.63) is 78.4 Å². The zero-order valence-corrected chi connectivity index (χ0v) is 19.2. The largest absolute Gasteiger partial charge is 0.497 e. The summed E-state index contributed by atoms with van der Waals surface area (Å²) in [5.41, 5.74) is 1.57. The molecule has 6 nitrogen and oxygen atoms in total. The van der Waals surface area contributed by atoms with Crippen LogP contribution in [0.1, 0.15) is 17.3 Å². The minimum absolute atomic E-state index is 0.230. The average molecular weight is 457 g/mol. The Kier molecular flexibility index (Phi) is 7.25. The topological polar surface area (TPSA) is 75.7 Å². The molecule has 0 radical (unpaired) electrons. The summed E-state index contributed by atoms with van der Waals surface area (Å²) in [6, 6.07) is 20.3. The predicted octanol–water partition coefficient (Wildman–Crippen LogP) is 4.88. The maximum absolute atomic E-state index is 13.1. The first-order valence-electron chi connectivity index (χ1n) is 9.61. The van der Waals surface area contributed by atoms with Gasteiger partial charge in [-0.15, -0.1) is 11.8 Å². The Hall–Kier alpha value is -2.97. The molecule has 3 rings (SSSR count). The van der Waals surface area contributed by atoms with Crippen LogP contribution in [0.25, 0.3) is 0 Å². The van der Waals surface area contributed by atoms with Gasteiger partial charge in [-0.3, -0.25) is 9.10 Å². The number of nitrogens with one attached hydrogen (secondary N) is 1. The molecule has 0 heterocycles. The molecular formula is C23H24N2O4S2. The summed E-state index contributed by atoms with van der Waals surface area (Å²) in [5, 5.41) is 2.81. The lowest BCUT2D eigenvalue weighted by Gasteiger charge is -2.23. The Morgan fingerprint density at radius 2 is 1.58 bits per heavy atom. The highest BCUT2D eigenvalue weighted by Gasteiger charge is 2.23. The molecule has 0 aromatic heterocycles. The van der Waals surface area contributed by atoms with E-state index in [1.54, 1.807) is 98.6 Å². The van der Waals surface area contributed by atoms with Crippen LogP contribution in [0.15, 0.2) is 82.6 Å². The van der Waals surface area contributed by atoms with Gasteiger partial charge >= 0.3 is 0 Å².